The number of nitrogens with zero attached hydrogens (tertiary/aromatic N) is 2. The molecule has 0 radical (unpaired) electrons. The van der Waals surface area contributed by atoms with Gasteiger partial charge in [-0.2, -0.15) is 0 Å². The van der Waals surface area contributed by atoms with Gasteiger partial charge in [0.25, 0.3) is 5.91 Å². The van der Waals surface area contributed by atoms with Crippen LogP contribution in [-0.4, -0.2) is 48.1 Å². The van der Waals surface area contributed by atoms with E-state index in [0.717, 1.165) is 31.1 Å². The number of fused-ring (bicyclic) bond motifs is 3. The molecule has 0 saturated carbocycles. The van der Waals surface area contributed by atoms with Crippen molar-refractivity contribution in [2.45, 2.75) is 26.7 Å². The van der Waals surface area contributed by atoms with Gasteiger partial charge < -0.3 is 14.4 Å². The highest BCUT2D eigenvalue weighted by molar-refractivity contribution is 7.21. The van der Waals surface area contributed by atoms with Gasteiger partial charge in [-0.1, -0.05) is 0 Å². The zero-order valence-electron chi connectivity index (χ0n) is 15.9. The molecule has 1 aliphatic rings. The first-order valence-corrected chi connectivity index (χ1v) is 11.1. The van der Waals surface area contributed by atoms with Crippen molar-refractivity contribution in [3.05, 3.63) is 22.5 Å². The summed E-state index contributed by atoms with van der Waals surface area (Å²) in [6.45, 7) is 5.32. The lowest BCUT2D eigenvalue weighted by molar-refractivity contribution is -0.151. The molecule has 2 aromatic heterocycles. The van der Waals surface area contributed by atoms with Gasteiger partial charge in [-0.15, -0.1) is 22.7 Å². The van der Waals surface area contributed by atoms with Crippen molar-refractivity contribution >= 4 is 54.9 Å². The van der Waals surface area contributed by atoms with Gasteiger partial charge in [0.15, 0.2) is 6.61 Å². The van der Waals surface area contributed by atoms with Crippen LogP contribution in [-0.2, 0) is 14.3 Å². The minimum absolute atomic E-state index is 0.00167. The Morgan fingerprint density at radius 1 is 1.32 bits per heavy atom. The number of carbonyl (C=O) groups excluding carboxylic acids is 2. The highest BCUT2D eigenvalue weighted by Crippen LogP contribution is 2.38. The number of hydrogen-bond donors (Lipinski definition) is 0. The summed E-state index contributed by atoms with van der Waals surface area (Å²) in [5, 5.41) is 4.03. The zero-order chi connectivity index (χ0) is 19.7. The molecule has 1 aromatic carbocycles. The Kier molecular flexibility index (Phi) is 5.50. The third kappa shape index (κ3) is 3.71. The summed E-state index contributed by atoms with van der Waals surface area (Å²) in [4.78, 5) is 30.8. The first kappa shape index (κ1) is 19.1. The van der Waals surface area contributed by atoms with Crippen molar-refractivity contribution in [2.75, 3.05) is 26.3 Å². The Hall–Kier alpha value is -2.19. The molecule has 0 unspecified atom stereocenters. The molecule has 148 valence electrons. The van der Waals surface area contributed by atoms with E-state index in [9.17, 15) is 9.59 Å². The maximum Gasteiger partial charge on any atom is 0.309 e. The molecule has 8 heteroatoms. The molecule has 1 fully saturated rings. The molecule has 0 aliphatic carbocycles. The van der Waals surface area contributed by atoms with Crippen LogP contribution in [0.1, 0.15) is 24.8 Å². The number of ether oxygens (including phenoxy) is 2. The first-order valence-electron chi connectivity index (χ1n) is 9.41. The van der Waals surface area contributed by atoms with Gasteiger partial charge in [0.2, 0.25) is 0 Å². The Morgan fingerprint density at radius 2 is 2.11 bits per heavy atom. The molecule has 4 rings (SSSR count). The zero-order valence-corrected chi connectivity index (χ0v) is 17.5. The molecule has 6 nitrogen and oxygen atoms in total. The molecule has 3 heterocycles. The summed E-state index contributed by atoms with van der Waals surface area (Å²) < 4.78 is 13.2. The number of thiophene rings is 1. The average Bonchev–Trinajstić information content (AvgIpc) is 3.32. The van der Waals surface area contributed by atoms with Crippen LogP contribution in [0.3, 0.4) is 0 Å². The molecule has 3 aromatic rings. The lowest BCUT2D eigenvalue weighted by Gasteiger charge is -2.30. The normalized spacial score (nSPS) is 15.3. The summed E-state index contributed by atoms with van der Waals surface area (Å²) >= 11 is 3.27. The molecule has 0 bridgehead atoms. The van der Waals surface area contributed by atoms with Crippen LogP contribution in [0.15, 0.2) is 17.5 Å². The van der Waals surface area contributed by atoms with Crippen LogP contribution < -0.4 is 4.74 Å². The summed E-state index contributed by atoms with van der Waals surface area (Å²) in [5.41, 5.74) is 1.01. The largest absolute Gasteiger partial charge is 0.483 e. The number of rotatable bonds is 5. The number of thiazole rings is 1. The van der Waals surface area contributed by atoms with E-state index in [2.05, 4.69) is 4.98 Å². The van der Waals surface area contributed by atoms with Gasteiger partial charge >= 0.3 is 5.97 Å². The lowest BCUT2D eigenvalue weighted by atomic mass is 9.97. The summed E-state index contributed by atoms with van der Waals surface area (Å²) in [6.07, 6.45) is 1.29. The highest BCUT2D eigenvalue weighted by atomic mass is 32.1. The summed E-state index contributed by atoms with van der Waals surface area (Å²) in [6, 6.07) is 3.99. The lowest BCUT2D eigenvalue weighted by Crippen LogP contribution is -2.42. The highest BCUT2D eigenvalue weighted by Gasteiger charge is 2.28. The van der Waals surface area contributed by atoms with Gasteiger partial charge in [-0.25, -0.2) is 4.98 Å². The molecule has 1 saturated heterocycles. The fourth-order valence-corrected chi connectivity index (χ4v) is 5.39. The van der Waals surface area contributed by atoms with E-state index in [1.807, 2.05) is 31.4 Å². The van der Waals surface area contributed by atoms with Gasteiger partial charge in [0.05, 0.1) is 32.4 Å². The third-order valence-corrected chi connectivity index (χ3v) is 6.83. The number of aromatic nitrogens is 1. The van der Waals surface area contributed by atoms with Crippen LogP contribution in [0, 0.1) is 12.8 Å². The first-order chi connectivity index (χ1) is 13.6. The van der Waals surface area contributed by atoms with Crippen molar-refractivity contribution in [2.24, 2.45) is 5.92 Å². The third-order valence-electron chi connectivity index (χ3n) is 4.99. The second-order valence-electron chi connectivity index (χ2n) is 6.81. The molecule has 0 atom stereocenters. The standard InChI is InChI=1S/C20H22N2O4S2/c1-3-25-20(24)13-4-7-22(8-5-13)17(23)11-26-15-10-16-18(21-12(2)28-16)19-14(15)6-9-27-19/h6,9-10,13H,3-5,7-8,11H2,1-2H3. The number of amides is 1. The molecule has 0 N–H and O–H groups in total. The fraction of sp³-hybridized carbons (Fsp3) is 0.450. The Bertz CT molecular complexity index is 1020. The van der Waals surface area contributed by atoms with Crippen molar-refractivity contribution in [1.29, 1.82) is 0 Å². The summed E-state index contributed by atoms with van der Waals surface area (Å²) in [5.74, 6) is 0.416. The van der Waals surface area contributed by atoms with Crippen LogP contribution in [0.4, 0.5) is 0 Å². The molecular formula is C20H22N2O4S2. The minimum Gasteiger partial charge on any atom is -0.483 e. The van der Waals surface area contributed by atoms with Crippen molar-refractivity contribution in [1.82, 2.24) is 9.88 Å². The monoisotopic (exact) mass is 418 g/mol. The van der Waals surface area contributed by atoms with Crippen molar-refractivity contribution < 1.29 is 19.1 Å². The van der Waals surface area contributed by atoms with Gasteiger partial charge in [0.1, 0.15) is 5.75 Å². The molecular weight excluding hydrogens is 396 g/mol. The van der Waals surface area contributed by atoms with E-state index in [1.54, 1.807) is 27.6 Å². The molecule has 28 heavy (non-hydrogen) atoms. The fourth-order valence-electron chi connectivity index (χ4n) is 3.56. The maximum atomic E-state index is 12.6. The number of likely N-dealkylation sites (tertiary alicyclic amines) is 1. The van der Waals surface area contributed by atoms with E-state index < -0.39 is 0 Å². The Balaban J connectivity index is 1.41. The number of piperidine rings is 1. The van der Waals surface area contributed by atoms with Crippen LogP contribution in [0.2, 0.25) is 0 Å². The smallest absolute Gasteiger partial charge is 0.309 e. The number of esters is 1. The molecule has 0 spiro atoms. The average molecular weight is 419 g/mol. The SMILES string of the molecule is CCOC(=O)C1CCN(C(=O)COc2cc3sc(C)nc3c3sccc23)CC1. The van der Waals surface area contributed by atoms with Gasteiger partial charge in [-0.05, 0) is 38.1 Å². The number of carbonyl (C=O) groups is 2. The van der Waals surface area contributed by atoms with Gasteiger partial charge in [-0.3, -0.25) is 9.59 Å². The van der Waals surface area contributed by atoms with Crippen LogP contribution in [0.5, 0.6) is 5.75 Å². The number of benzene rings is 1. The minimum atomic E-state index is -0.154. The van der Waals surface area contributed by atoms with E-state index in [4.69, 9.17) is 9.47 Å². The van der Waals surface area contributed by atoms with E-state index in [-0.39, 0.29) is 24.4 Å². The second kappa shape index (κ2) is 8.05. The number of aryl methyl sites for hydroxylation is 1. The molecule has 1 amide bonds. The van der Waals surface area contributed by atoms with Gasteiger partial charge in [0, 0.05) is 24.5 Å². The van der Waals surface area contributed by atoms with E-state index in [0.29, 0.717) is 32.5 Å². The predicted molar refractivity (Wildman–Crippen MR) is 111 cm³/mol. The van der Waals surface area contributed by atoms with Crippen LogP contribution >= 0.6 is 22.7 Å². The topological polar surface area (TPSA) is 68.7 Å². The second-order valence-corrected chi connectivity index (χ2v) is 8.96. The quantitative estimate of drug-likeness (QED) is 0.586. The van der Waals surface area contributed by atoms with E-state index >= 15 is 0 Å². The Labute approximate surface area is 171 Å². The van der Waals surface area contributed by atoms with Crippen molar-refractivity contribution in [3.63, 3.8) is 0 Å². The van der Waals surface area contributed by atoms with Crippen molar-refractivity contribution in [3.8, 4) is 5.75 Å². The summed E-state index contributed by atoms with van der Waals surface area (Å²) in [7, 11) is 0. The molecule has 1 aliphatic heterocycles. The predicted octanol–water partition coefficient (Wildman–Crippen LogP) is 4.00. The number of hydrogen-bond acceptors (Lipinski definition) is 7. The maximum absolute atomic E-state index is 12.6. The Morgan fingerprint density at radius 3 is 2.86 bits per heavy atom. The van der Waals surface area contributed by atoms with E-state index in [1.165, 1.54) is 0 Å². The van der Waals surface area contributed by atoms with Crippen LogP contribution in [0.25, 0.3) is 20.3 Å².